The Kier molecular flexibility index (Phi) is 2.15. The maximum absolute atomic E-state index is 11.8. The van der Waals surface area contributed by atoms with E-state index in [1.165, 1.54) is 19.3 Å². The number of sulfonamides is 1. The Morgan fingerprint density at radius 2 is 1.73 bits per heavy atom. The molecule has 0 aromatic carbocycles. The molecule has 3 rings (SSSR count). The average molecular weight is 229 g/mol. The lowest BCUT2D eigenvalue weighted by atomic mass is 9.54. The van der Waals surface area contributed by atoms with Crippen molar-refractivity contribution >= 4 is 10.0 Å². The van der Waals surface area contributed by atoms with Crippen molar-refractivity contribution in [1.82, 2.24) is 4.72 Å². The van der Waals surface area contributed by atoms with Gasteiger partial charge in [-0.05, 0) is 43.9 Å². The molecule has 4 heteroatoms. The molecule has 86 valence electrons. The zero-order valence-electron chi connectivity index (χ0n) is 9.04. The molecule has 0 radical (unpaired) electrons. The summed E-state index contributed by atoms with van der Waals surface area (Å²) in [5.74, 6) is 0. The highest BCUT2D eigenvalue weighted by atomic mass is 32.2. The molecule has 3 aliphatic rings. The first kappa shape index (κ1) is 10.1. The van der Waals surface area contributed by atoms with E-state index in [4.69, 9.17) is 0 Å². The van der Waals surface area contributed by atoms with E-state index in [-0.39, 0.29) is 11.3 Å². The highest BCUT2D eigenvalue weighted by Crippen LogP contribution is 2.56. The van der Waals surface area contributed by atoms with Crippen molar-refractivity contribution in [2.75, 3.05) is 0 Å². The van der Waals surface area contributed by atoms with Gasteiger partial charge in [0.15, 0.2) is 0 Å². The summed E-state index contributed by atoms with van der Waals surface area (Å²) < 4.78 is 26.5. The smallest absolute Gasteiger partial charge is 0.212 e. The quantitative estimate of drug-likeness (QED) is 0.802. The molecule has 15 heavy (non-hydrogen) atoms. The minimum atomic E-state index is -2.97. The van der Waals surface area contributed by atoms with Crippen LogP contribution in [0.15, 0.2) is 0 Å². The van der Waals surface area contributed by atoms with Crippen LogP contribution >= 0.6 is 0 Å². The first-order chi connectivity index (χ1) is 7.10. The predicted molar refractivity (Wildman–Crippen MR) is 59.0 cm³/mol. The predicted octanol–water partition coefficient (Wildman–Crippen LogP) is 1.79. The fourth-order valence-electron chi connectivity index (χ4n) is 3.16. The van der Waals surface area contributed by atoms with Crippen LogP contribution in [0.1, 0.15) is 51.4 Å². The van der Waals surface area contributed by atoms with Gasteiger partial charge >= 0.3 is 0 Å². The fourth-order valence-corrected chi connectivity index (χ4v) is 4.94. The van der Waals surface area contributed by atoms with Gasteiger partial charge in [0.25, 0.3) is 0 Å². The van der Waals surface area contributed by atoms with E-state index < -0.39 is 10.0 Å². The molecule has 3 nitrogen and oxygen atoms in total. The molecule has 0 aliphatic heterocycles. The summed E-state index contributed by atoms with van der Waals surface area (Å²) in [5, 5.41) is -0.0737. The van der Waals surface area contributed by atoms with Crippen molar-refractivity contribution < 1.29 is 8.42 Å². The third-order valence-corrected chi connectivity index (χ3v) is 6.61. The zero-order valence-corrected chi connectivity index (χ0v) is 9.85. The van der Waals surface area contributed by atoms with Gasteiger partial charge in [-0.3, -0.25) is 0 Å². The Bertz CT molecular complexity index is 347. The molecule has 1 spiro atoms. The van der Waals surface area contributed by atoms with E-state index in [1.54, 1.807) is 0 Å². The Morgan fingerprint density at radius 3 is 2.13 bits per heavy atom. The van der Waals surface area contributed by atoms with E-state index in [0.717, 1.165) is 32.1 Å². The number of hydrogen-bond donors (Lipinski definition) is 1. The first-order valence-electron chi connectivity index (χ1n) is 6.11. The summed E-state index contributed by atoms with van der Waals surface area (Å²) in [6.07, 6.45) is 9.02. The summed E-state index contributed by atoms with van der Waals surface area (Å²) in [4.78, 5) is 0. The molecule has 0 unspecified atom stereocenters. The van der Waals surface area contributed by atoms with Crippen LogP contribution in [-0.2, 0) is 10.0 Å². The van der Waals surface area contributed by atoms with Crippen molar-refractivity contribution in [2.45, 2.75) is 62.7 Å². The van der Waals surface area contributed by atoms with Gasteiger partial charge in [-0.25, -0.2) is 13.1 Å². The molecule has 0 amide bonds. The van der Waals surface area contributed by atoms with E-state index in [9.17, 15) is 8.42 Å². The summed E-state index contributed by atoms with van der Waals surface area (Å²) >= 11 is 0. The van der Waals surface area contributed by atoms with Crippen LogP contribution in [0, 0.1) is 5.41 Å². The second-order valence-electron chi connectivity index (χ2n) is 5.67. The molecular formula is C11H19NO2S. The third kappa shape index (κ3) is 1.62. The standard InChI is InChI=1S/C11H19NO2S/c13-15(14,10-3-1-4-10)12-9-7-11(8-9)5-2-6-11/h9-10,12H,1-8H2. The van der Waals surface area contributed by atoms with Gasteiger partial charge in [0.2, 0.25) is 10.0 Å². The third-order valence-electron chi connectivity index (χ3n) is 4.60. The summed E-state index contributed by atoms with van der Waals surface area (Å²) in [7, 11) is -2.97. The topological polar surface area (TPSA) is 46.2 Å². The highest BCUT2D eigenvalue weighted by molar-refractivity contribution is 7.90. The van der Waals surface area contributed by atoms with Crippen molar-refractivity contribution in [3.8, 4) is 0 Å². The summed E-state index contributed by atoms with van der Waals surface area (Å²) in [5.41, 5.74) is 0.562. The lowest BCUT2D eigenvalue weighted by Gasteiger charge is -2.54. The maximum atomic E-state index is 11.8. The van der Waals surface area contributed by atoms with E-state index in [1.807, 2.05) is 0 Å². The van der Waals surface area contributed by atoms with Gasteiger partial charge in [-0.1, -0.05) is 12.8 Å². The molecule has 0 aromatic rings. The Morgan fingerprint density at radius 1 is 1.07 bits per heavy atom. The van der Waals surface area contributed by atoms with Crippen LogP contribution in [0.4, 0.5) is 0 Å². The lowest BCUT2D eigenvalue weighted by Crippen LogP contribution is -2.55. The van der Waals surface area contributed by atoms with Crippen molar-refractivity contribution in [3.05, 3.63) is 0 Å². The molecule has 1 N–H and O–H groups in total. The monoisotopic (exact) mass is 229 g/mol. The molecule has 3 saturated carbocycles. The Hall–Kier alpha value is -0.0900. The highest BCUT2D eigenvalue weighted by Gasteiger charge is 2.49. The second-order valence-corrected chi connectivity index (χ2v) is 7.67. The summed E-state index contributed by atoms with van der Waals surface area (Å²) in [6.45, 7) is 0. The number of hydrogen-bond acceptors (Lipinski definition) is 2. The molecule has 3 fully saturated rings. The van der Waals surface area contributed by atoms with Crippen LogP contribution in [-0.4, -0.2) is 19.7 Å². The first-order valence-corrected chi connectivity index (χ1v) is 7.66. The van der Waals surface area contributed by atoms with Crippen LogP contribution in [0.5, 0.6) is 0 Å². The normalized spacial score (nSPS) is 30.7. The van der Waals surface area contributed by atoms with Crippen LogP contribution in [0.2, 0.25) is 0 Å². The second kappa shape index (κ2) is 3.20. The minimum absolute atomic E-state index is 0.0737. The molecule has 3 aliphatic carbocycles. The van der Waals surface area contributed by atoms with Gasteiger partial charge in [0.05, 0.1) is 5.25 Å². The Labute approximate surface area is 91.7 Å². The van der Waals surface area contributed by atoms with Crippen molar-refractivity contribution in [2.24, 2.45) is 5.41 Å². The maximum Gasteiger partial charge on any atom is 0.214 e. The molecule has 0 aromatic heterocycles. The number of rotatable bonds is 3. The van der Waals surface area contributed by atoms with E-state index in [0.29, 0.717) is 5.41 Å². The van der Waals surface area contributed by atoms with Crippen LogP contribution in [0.25, 0.3) is 0 Å². The molecule has 0 atom stereocenters. The van der Waals surface area contributed by atoms with Gasteiger partial charge in [-0.15, -0.1) is 0 Å². The largest absolute Gasteiger partial charge is 0.214 e. The zero-order chi connectivity index (χ0) is 10.5. The molecule has 0 bridgehead atoms. The van der Waals surface area contributed by atoms with Crippen LogP contribution < -0.4 is 4.72 Å². The molecule has 0 heterocycles. The lowest BCUT2D eigenvalue weighted by molar-refractivity contribution is 0.00602. The molecular weight excluding hydrogens is 210 g/mol. The minimum Gasteiger partial charge on any atom is -0.212 e. The summed E-state index contributed by atoms with van der Waals surface area (Å²) in [6, 6.07) is 0.260. The van der Waals surface area contributed by atoms with Crippen molar-refractivity contribution in [3.63, 3.8) is 0 Å². The SMILES string of the molecule is O=S(=O)(NC1CC2(CCC2)C1)C1CCC1. The Balaban J connectivity index is 1.53. The van der Waals surface area contributed by atoms with E-state index in [2.05, 4.69) is 4.72 Å². The van der Waals surface area contributed by atoms with Crippen LogP contribution in [0.3, 0.4) is 0 Å². The van der Waals surface area contributed by atoms with Gasteiger partial charge in [0.1, 0.15) is 0 Å². The molecule has 0 saturated heterocycles. The fraction of sp³-hybridized carbons (Fsp3) is 1.00. The van der Waals surface area contributed by atoms with Crippen molar-refractivity contribution in [1.29, 1.82) is 0 Å². The van der Waals surface area contributed by atoms with Gasteiger partial charge in [-0.2, -0.15) is 0 Å². The number of nitrogens with one attached hydrogen (secondary N) is 1. The average Bonchev–Trinajstić information content (AvgIpc) is 1.86. The van der Waals surface area contributed by atoms with E-state index >= 15 is 0 Å². The van der Waals surface area contributed by atoms with Gasteiger partial charge in [0, 0.05) is 6.04 Å². The van der Waals surface area contributed by atoms with Gasteiger partial charge < -0.3 is 0 Å².